The average molecular weight is 385 g/mol. The SMILES string of the molecule is Cc1cccc(Oc2ccc(N3C(=O)[C@@H]4[C@H]5C=C[C@H]([C@H]6C[C@H]56)[C@@H]4C3=O)cc2)c1C. The van der Waals surface area contributed by atoms with Crippen molar-refractivity contribution in [1.82, 2.24) is 0 Å². The van der Waals surface area contributed by atoms with Crippen LogP contribution in [0.3, 0.4) is 0 Å². The molecule has 0 unspecified atom stereocenters. The quantitative estimate of drug-likeness (QED) is 0.571. The molecular formula is C25H23NO3. The van der Waals surface area contributed by atoms with Gasteiger partial charge in [-0.25, -0.2) is 0 Å². The van der Waals surface area contributed by atoms with Crippen molar-refractivity contribution in [2.45, 2.75) is 20.3 Å². The largest absolute Gasteiger partial charge is 0.457 e. The Balaban J connectivity index is 1.27. The number of anilines is 1. The zero-order chi connectivity index (χ0) is 19.9. The Morgan fingerprint density at radius 2 is 1.48 bits per heavy atom. The minimum Gasteiger partial charge on any atom is -0.457 e. The van der Waals surface area contributed by atoms with Gasteiger partial charge in [-0.05, 0) is 85.4 Å². The molecule has 0 radical (unpaired) electrons. The van der Waals surface area contributed by atoms with Crippen LogP contribution in [-0.4, -0.2) is 11.8 Å². The van der Waals surface area contributed by atoms with Gasteiger partial charge in [-0.1, -0.05) is 24.3 Å². The first-order chi connectivity index (χ1) is 14.0. The first-order valence-electron chi connectivity index (χ1n) is 10.4. The molecule has 4 heteroatoms. The fourth-order valence-corrected chi connectivity index (χ4v) is 5.84. The van der Waals surface area contributed by atoms with Crippen LogP contribution >= 0.6 is 0 Å². The summed E-state index contributed by atoms with van der Waals surface area (Å²) in [6.45, 7) is 4.09. The molecular weight excluding hydrogens is 362 g/mol. The molecule has 29 heavy (non-hydrogen) atoms. The predicted molar refractivity (Wildman–Crippen MR) is 110 cm³/mol. The van der Waals surface area contributed by atoms with Crippen LogP contribution in [0.5, 0.6) is 11.5 Å². The number of carbonyl (C=O) groups is 2. The van der Waals surface area contributed by atoms with Gasteiger partial charge >= 0.3 is 0 Å². The van der Waals surface area contributed by atoms with Crippen molar-refractivity contribution in [3.8, 4) is 11.5 Å². The summed E-state index contributed by atoms with van der Waals surface area (Å²) >= 11 is 0. The van der Waals surface area contributed by atoms with E-state index in [0.717, 1.165) is 11.3 Å². The number of nitrogens with zero attached hydrogens (tertiary/aromatic N) is 1. The number of imide groups is 1. The summed E-state index contributed by atoms with van der Waals surface area (Å²) in [5, 5.41) is 0. The Hall–Kier alpha value is -2.88. The molecule has 6 atom stereocenters. The van der Waals surface area contributed by atoms with Crippen molar-refractivity contribution in [2.24, 2.45) is 35.5 Å². The summed E-state index contributed by atoms with van der Waals surface area (Å²) in [5.41, 5.74) is 2.93. The fraction of sp³-hybridized carbons (Fsp3) is 0.360. The van der Waals surface area contributed by atoms with Crippen LogP contribution in [0.25, 0.3) is 0 Å². The zero-order valence-corrected chi connectivity index (χ0v) is 16.5. The summed E-state index contributed by atoms with van der Waals surface area (Å²) in [6, 6.07) is 13.3. The van der Waals surface area contributed by atoms with E-state index in [4.69, 9.17) is 4.74 Å². The van der Waals surface area contributed by atoms with Crippen LogP contribution in [0, 0.1) is 49.4 Å². The van der Waals surface area contributed by atoms with Gasteiger partial charge in [0.05, 0.1) is 17.5 Å². The minimum absolute atomic E-state index is 0.0205. The number of carbonyl (C=O) groups excluding carboxylic acids is 2. The third kappa shape index (κ3) is 2.32. The van der Waals surface area contributed by atoms with Gasteiger partial charge in [0.25, 0.3) is 0 Å². The maximum absolute atomic E-state index is 13.2. The molecule has 0 N–H and O–H groups in total. The van der Waals surface area contributed by atoms with Crippen LogP contribution in [0.4, 0.5) is 5.69 Å². The van der Waals surface area contributed by atoms with Crippen LogP contribution < -0.4 is 9.64 Å². The van der Waals surface area contributed by atoms with E-state index in [2.05, 4.69) is 25.1 Å². The van der Waals surface area contributed by atoms with E-state index < -0.39 is 0 Å². The number of rotatable bonds is 3. The normalized spacial score (nSPS) is 33.7. The molecule has 2 saturated carbocycles. The second-order valence-electron chi connectivity index (χ2n) is 8.96. The van der Waals surface area contributed by atoms with E-state index in [9.17, 15) is 9.59 Å². The molecule has 5 aliphatic rings. The molecule has 3 fully saturated rings. The number of allylic oxidation sites excluding steroid dienone is 2. The van der Waals surface area contributed by atoms with Gasteiger partial charge in [0.2, 0.25) is 11.8 Å². The Kier molecular flexibility index (Phi) is 3.41. The number of amides is 2. The van der Waals surface area contributed by atoms with E-state index in [1.807, 2.05) is 43.3 Å². The van der Waals surface area contributed by atoms with Crippen molar-refractivity contribution in [3.05, 3.63) is 65.7 Å². The van der Waals surface area contributed by atoms with Crippen LogP contribution in [0.1, 0.15) is 17.5 Å². The second-order valence-corrected chi connectivity index (χ2v) is 8.96. The maximum Gasteiger partial charge on any atom is 0.238 e. The smallest absolute Gasteiger partial charge is 0.238 e. The first-order valence-corrected chi connectivity index (χ1v) is 10.4. The number of hydrogen-bond donors (Lipinski definition) is 0. The van der Waals surface area contributed by atoms with Gasteiger partial charge < -0.3 is 4.74 Å². The Morgan fingerprint density at radius 1 is 0.862 bits per heavy atom. The summed E-state index contributed by atoms with van der Waals surface area (Å²) in [7, 11) is 0. The van der Waals surface area contributed by atoms with E-state index in [0.29, 0.717) is 23.3 Å². The van der Waals surface area contributed by atoms with Crippen molar-refractivity contribution in [2.75, 3.05) is 4.90 Å². The van der Waals surface area contributed by atoms with Gasteiger partial charge in [-0.3, -0.25) is 14.5 Å². The van der Waals surface area contributed by atoms with Crippen molar-refractivity contribution < 1.29 is 14.3 Å². The Bertz CT molecular complexity index is 1030. The molecule has 4 nitrogen and oxygen atoms in total. The molecule has 0 aromatic heterocycles. The topological polar surface area (TPSA) is 46.6 Å². The highest BCUT2D eigenvalue weighted by atomic mass is 16.5. The molecule has 1 heterocycles. The third-order valence-electron chi connectivity index (χ3n) is 7.54. The van der Waals surface area contributed by atoms with Crippen molar-refractivity contribution in [1.29, 1.82) is 0 Å². The van der Waals surface area contributed by atoms with E-state index in [1.165, 1.54) is 16.9 Å². The zero-order valence-electron chi connectivity index (χ0n) is 16.5. The van der Waals surface area contributed by atoms with Gasteiger partial charge in [0.15, 0.2) is 0 Å². The van der Waals surface area contributed by atoms with E-state index in [-0.39, 0.29) is 35.5 Å². The van der Waals surface area contributed by atoms with Crippen molar-refractivity contribution >= 4 is 17.5 Å². The van der Waals surface area contributed by atoms with Gasteiger partial charge in [-0.2, -0.15) is 0 Å². The molecule has 2 bridgehead atoms. The third-order valence-corrected chi connectivity index (χ3v) is 7.54. The van der Waals surface area contributed by atoms with Gasteiger partial charge in [0, 0.05) is 0 Å². The standard InChI is InChI=1S/C25H23NO3/c1-13-4-3-5-21(14(13)2)29-16-8-6-15(7-9-16)26-24(27)22-17-10-11-18(20-12-19(17)20)23(22)25(26)28/h3-11,17-20,22-23H,12H2,1-2H3/t17-,18+,19-,20-,22+,23-/m1/s1. The van der Waals surface area contributed by atoms with E-state index in [1.54, 1.807) is 0 Å². The molecule has 2 aromatic rings. The second kappa shape index (κ2) is 5.82. The summed E-state index contributed by atoms with van der Waals surface area (Å²) in [4.78, 5) is 27.8. The fourth-order valence-electron chi connectivity index (χ4n) is 5.84. The lowest BCUT2D eigenvalue weighted by molar-refractivity contribution is -0.124. The molecule has 1 saturated heterocycles. The Morgan fingerprint density at radius 3 is 2.10 bits per heavy atom. The summed E-state index contributed by atoms with van der Waals surface area (Å²) < 4.78 is 6.02. The average Bonchev–Trinajstić information content (AvgIpc) is 3.50. The molecule has 4 aliphatic carbocycles. The minimum atomic E-state index is -0.160. The summed E-state index contributed by atoms with van der Waals surface area (Å²) in [5.74, 6) is 2.90. The highest BCUT2D eigenvalue weighted by molar-refractivity contribution is 6.22. The van der Waals surface area contributed by atoms with Gasteiger partial charge in [-0.15, -0.1) is 0 Å². The van der Waals surface area contributed by atoms with Crippen LogP contribution in [0.15, 0.2) is 54.6 Å². The lowest BCUT2D eigenvalue weighted by Gasteiger charge is -2.37. The predicted octanol–water partition coefficient (Wildman–Crippen LogP) is 4.65. The maximum atomic E-state index is 13.2. The molecule has 146 valence electrons. The highest BCUT2D eigenvalue weighted by Gasteiger charge is 2.67. The van der Waals surface area contributed by atoms with E-state index >= 15 is 0 Å². The molecule has 2 aromatic carbocycles. The molecule has 1 aliphatic heterocycles. The Labute approximate surface area is 170 Å². The van der Waals surface area contributed by atoms with Gasteiger partial charge in [0.1, 0.15) is 11.5 Å². The number of ether oxygens (including phenoxy) is 1. The molecule has 7 rings (SSSR count). The number of benzene rings is 2. The molecule has 2 amide bonds. The monoisotopic (exact) mass is 385 g/mol. The van der Waals surface area contributed by atoms with Crippen LogP contribution in [0.2, 0.25) is 0 Å². The first kappa shape index (κ1) is 17.0. The van der Waals surface area contributed by atoms with Crippen LogP contribution in [-0.2, 0) is 9.59 Å². The molecule has 0 spiro atoms. The lowest BCUT2D eigenvalue weighted by Crippen LogP contribution is -2.40. The highest BCUT2D eigenvalue weighted by Crippen LogP contribution is 2.65. The number of hydrogen-bond acceptors (Lipinski definition) is 3. The van der Waals surface area contributed by atoms with Crippen molar-refractivity contribution in [3.63, 3.8) is 0 Å². The lowest BCUT2D eigenvalue weighted by atomic mass is 9.63. The number of aryl methyl sites for hydroxylation is 1. The summed E-state index contributed by atoms with van der Waals surface area (Å²) in [6.07, 6.45) is 5.59.